The van der Waals surface area contributed by atoms with Crippen LogP contribution in [0.5, 0.6) is 5.75 Å². The van der Waals surface area contributed by atoms with Crippen LogP contribution in [-0.4, -0.2) is 25.6 Å². The number of rotatable bonds is 4. The van der Waals surface area contributed by atoms with Gasteiger partial charge in [0.15, 0.2) is 0 Å². The molecule has 0 saturated carbocycles. The average molecular weight is 196 g/mol. The second kappa shape index (κ2) is 4.03. The largest absolute Gasteiger partial charge is 0.490 e. The highest BCUT2D eigenvalue weighted by Crippen LogP contribution is 2.27. The molecule has 2 rings (SSSR count). The van der Waals surface area contributed by atoms with Crippen LogP contribution < -0.4 is 4.74 Å². The molecular formula is C10H12O2S. The van der Waals surface area contributed by atoms with Gasteiger partial charge in [0.2, 0.25) is 0 Å². The molecule has 1 atom stereocenters. The fraction of sp³-hybridized carbons (Fsp3) is 0.400. The third-order valence-corrected chi connectivity index (χ3v) is 2.67. The predicted octanol–water partition coefficient (Wildman–Crippen LogP) is 2.19. The van der Waals surface area contributed by atoms with Gasteiger partial charge in [-0.25, -0.2) is 0 Å². The molecule has 0 amide bonds. The second-order valence-corrected chi connectivity index (χ2v) is 3.77. The summed E-state index contributed by atoms with van der Waals surface area (Å²) in [6, 6.07) is 8.07. The Kier molecular flexibility index (Phi) is 2.76. The number of para-hydroxylation sites is 1. The summed E-state index contributed by atoms with van der Waals surface area (Å²) in [6.07, 6.45) is 2.38. The number of thioether (sulfide) groups is 1. The fourth-order valence-corrected chi connectivity index (χ4v) is 1.63. The van der Waals surface area contributed by atoms with Gasteiger partial charge >= 0.3 is 0 Å². The van der Waals surface area contributed by atoms with E-state index in [-0.39, 0.29) is 0 Å². The molecule has 1 aromatic carbocycles. The first-order valence-corrected chi connectivity index (χ1v) is 5.50. The molecule has 1 aliphatic rings. The van der Waals surface area contributed by atoms with Gasteiger partial charge in [0, 0.05) is 4.90 Å². The summed E-state index contributed by atoms with van der Waals surface area (Å²) in [5.41, 5.74) is 0. The van der Waals surface area contributed by atoms with Gasteiger partial charge in [-0.1, -0.05) is 12.1 Å². The minimum Gasteiger partial charge on any atom is -0.490 e. The van der Waals surface area contributed by atoms with Crippen molar-refractivity contribution in [1.29, 1.82) is 0 Å². The van der Waals surface area contributed by atoms with Crippen LogP contribution in [0.4, 0.5) is 0 Å². The summed E-state index contributed by atoms with van der Waals surface area (Å²) in [5.74, 6) is 0.963. The van der Waals surface area contributed by atoms with Gasteiger partial charge in [-0.2, -0.15) is 0 Å². The molecule has 1 heterocycles. The molecule has 0 spiro atoms. The Morgan fingerprint density at radius 3 is 3.00 bits per heavy atom. The van der Waals surface area contributed by atoms with Crippen LogP contribution in [0.15, 0.2) is 29.2 Å². The van der Waals surface area contributed by atoms with Crippen LogP contribution >= 0.6 is 11.8 Å². The molecule has 1 aliphatic heterocycles. The molecule has 70 valence electrons. The highest BCUT2D eigenvalue weighted by Gasteiger charge is 2.23. The Morgan fingerprint density at radius 1 is 1.54 bits per heavy atom. The average Bonchev–Trinajstić information content (AvgIpc) is 2.99. The molecule has 0 bridgehead atoms. The maximum Gasteiger partial charge on any atom is 0.132 e. The Hall–Kier alpha value is -0.670. The second-order valence-electron chi connectivity index (χ2n) is 2.92. The number of ether oxygens (including phenoxy) is 2. The van der Waals surface area contributed by atoms with Crippen molar-refractivity contribution in [3.63, 3.8) is 0 Å². The lowest BCUT2D eigenvalue weighted by molar-refractivity contribution is 0.258. The summed E-state index contributed by atoms with van der Waals surface area (Å²) in [5, 5.41) is 0. The fourth-order valence-electron chi connectivity index (χ4n) is 1.09. The molecule has 1 aromatic rings. The quantitative estimate of drug-likeness (QED) is 0.544. The van der Waals surface area contributed by atoms with Crippen LogP contribution in [0, 0.1) is 0 Å². The van der Waals surface area contributed by atoms with E-state index < -0.39 is 0 Å². The number of hydrogen-bond acceptors (Lipinski definition) is 3. The van der Waals surface area contributed by atoms with E-state index in [9.17, 15) is 0 Å². The Morgan fingerprint density at radius 2 is 2.31 bits per heavy atom. The SMILES string of the molecule is CSc1ccccc1OCC1CO1. The first-order chi connectivity index (χ1) is 6.40. The molecule has 0 aliphatic carbocycles. The normalized spacial score (nSPS) is 19.9. The van der Waals surface area contributed by atoms with Gasteiger partial charge in [0.1, 0.15) is 18.5 Å². The number of hydrogen-bond donors (Lipinski definition) is 0. The van der Waals surface area contributed by atoms with Crippen LogP contribution in [0.2, 0.25) is 0 Å². The topological polar surface area (TPSA) is 21.8 Å². The van der Waals surface area contributed by atoms with Crippen molar-refractivity contribution in [3.05, 3.63) is 24.3 Å². The lowest BCUT2D eigenvalue weighted by Gasteiger charge is -2.07. The summed E-state index contributed by atoms with van der Waals surface area (Å²) in [4.78, 5) is 1.18. The first-order valence-electron chi connectivity index (χ1n) is 4.27. The number of benzene rings is 1. The molecule has 0 aromatic heterocycles. The Labute approximate surface area is 82.2 Å². The van der Waals surface area contributed by atoms with Crippen LogP contribution in [0.25, 0.3) is 0 Å². The van der Waals surface area contributed by atoms with Crippen molar-refractivity contribution in [2.24, 2.45) is 0 Å². The van der Waals surface area contributed by atoms with Crippen molar-refractivity contribution in [2.75, 3.05) is 19.5 Å². The van der Waals surface area contributed by atoms with Crippen LogP contribution in [-0.2, 0) is 4.74 Å². The molecule has 0 N–H and O–H groups in total. The molecule has 3 heteroatoms. The molecular weight excluding hydrogens is 184 g/mol. The standard InChI is InChI=1S/C10H12O2S/c1-13-10-5-3-2-4-9(10)12-7-8-6-11-8/h2-5,8H,6-7H2,1H3. The highest BCUT2D eigenvalue weighted by molar-refractivity contribution is 7.98. The molecule has 2 nitrogen and oxygen atoms in total. The Balaban J connectivity index is 1.99. The van der Waals surface area contributed by atoms with Crippen molar-refractivity contribution < 1.29 is 9.47 Å². The van der Waals surface area contributed by atoms with Crippen LogP contribution in [0.1, 0.15) is 0 Å². The van der Waals surface area contributed by atoms with Gasteiger partial charge in [-0.05, 0) is 18.4 Å². The summed E-state index contributed by atoms with van der Waals surface area (Å²) in [6.45, 7) is 1.53. The third-order valence-electron chi connectivity index (χ3n) is 1.90. The monoisotopic (exact) mass is 196 g/mol. The zero-order valence-corrected chi connectivity index (χ0v) is 8.34. The van der Waals surface area contributed by atoms with Gasteiger partial charge in [0.05, 0.1) is 6.61 Å². The van der Waals surface area contributed by atoms with E-state index in [4.69, 9.17) is 9.47 Å². The van der Waals surface area contributed by atoms with E-state index in [1.165, 1.54) is 4.90 Å². The van der Waals surface area contributed by atoms with E-state index >= 15 is 0 Å². The summed E-state index contributed by atoms with van der Waals surface area (Å²) in [7, 11) is 0. The lowest BCUT2D eigenvalue weighted by atomic mass is 10.3. The van der Waals surface area contributed by atoms with Crippen molar-refractivity contribution in [1.82, 2.24) is 0 Å². The van der Waals surface area contributed by atoms with Crippen molar-refractivity contribution in [2.45, 2.75) is 11.0 Å². The van der Waals surface area contributed by atoms with Gasteiger partial charge in [-0.3, -0.25) is 0 Å². The van der Waals surface area contributed by atoms with Crippen LogP contribution in [0.3, 0.4) is 0 Å². The smallest absolute Gasteiger partial charge is 0.132 e. The number of epoxide rings is 1. The maximum absolute atomic E-state index is 5.61. The molecule has 1 unspecified atom stereocenters. The molecule has 1 fully saturated rings. The van der Waals surface area contributed by atoms with E-state index in [0.29, 0.717) is 12.7 Å². The lowest BCUT2D eigenvalue weighted by Crippen LogP contribution is -2.04. The molecule has 1 saturated heterocycles. The Bertz CT molecular complexity index is 284. The van der Waals surface area contributed by atoms with E-state index in [2.05, 4.69) is 12.3 Å². The van der Waals surface area contributed by atoms with E-state index in [1.54, 1.807) is 11.8 Å². The maximum atomic E-state index is 5.61. The molecule has 0 radical (unpaired) electrons. The summed E-state index contributed by atoms with van der Waals surface area (Å²) >= 11 is 1.70. The zero-order valence-electron chi connectivity index (χ0n) is 7.53. The minimum atomic E-state index is 0.329. The van der Waals surface area contributed by atoms with Crippen molar-refractivity contribution >= 4 is 11.8 Å². The highest BCUT2D eigenvalue weighted by atomic mass is 32.2. The van der Waals surface area contributed by atoms with Gasteiger partial charge in [-0.15, -0.1) is 11.8 Å². The minimum absolute atomic E-state index is 0.329. The molecule has 13 heavy (non-hydrogen) atoms. The predicted molar refractivity (Wildman–Crippen MR) is 53.5 cm³/mol. The van der Waals surface area contributed by atoms with Gasteiger partial charge < -0.3 is 9.47 Å². The first kappa shape index (κ1) is 8.91. The summed E-state index contributed by atoms with van der Waals surface area (Å²) < 4.78 is 10.7. The van der Waals surface area contributed by atoms with Crippen molar-refractivity contribution in [3.8, 4) is 5.75 Å². The third kappa shape index (κ3) is 2.39. The van der Waals surface area contributed by atoms with E-state index in [0.717, 1.165) is 12.4 Å². The zero-order chi connectivity index (χ0) is 9.10. The van der Waals surface area contributed by atoms with E-state index in [1.807, 2.05) is 18.2 Å². The van der Waals surface area contributed by atoms with Gasteiger partial charge in [0.25, 0.3) is 0 Å².